The van der Waals surface area contributed by atoms with Crippen molar-refractivity contribution in [2.45, 2.75) is 38.5 Å². The van der Waals surface area contributed by atoms with Crippen molar-refractivity contribution in [2.75, 3.05) is 0 Å². The van der Waals surface area contributed by atoms with Gasteiger partial charge < -0.3 is 4.42 Å². The van der Waals surface area contributed by atoms with Crippen LogP contribution in [0.4, 0.5) is 0 Å². The first-order chi connectivity index (χ1) is 31.7. The van der Waals surface area contributed by atoms with Crippen molar-refractivity contribution >= 4 is 65.0 Å². The van der Waals surface area contributed by atoms with Gasteiger partial charge in [-0.2, -0.15) is 0 Å². The molecular formula is C64H44O. The normalized spacial score (nSPS) is 14.4. The lowest BCUT2D eigenvalue weighted by atomic mass is 9.79. The zero-order chi connectivity index (χ0) is 43.3. The van der Waals surface area contributed by atoms with Crippen LogP contribution in [0.2, 0.25) is 0 Å². The summed E-state index contributed by atoms with van der Waals surface area (Å²) in [6, 6.07) is 72.9. The molecule has 14 rings (SSSR count). The predicted octanol–water partition coefficient (Wildman–Crippen LogP) is 17.8. The summed E-state index contributed by atoms with van der Waals surface area (Å²) in [6.45, 7) is 9.57. The Bertz CT molecular complexity index is 4000. The summed E-state index contributed by atoms with van der Waals surface area (Å²) in [4.78, 5) is 0. The van der Waals surface area contributed by atoms with Crippen LogP contribution >= 0.6 is 0 Å². The highest BCUT2D eigenvalue weighted by Gasteiger charge is 2.38. The molecule has 0 saturated carbocycles. The van der Waals surface area contributed by atoms with Crippen LogP contribution in [-0.2, 0) is 10.8 Å². The van der Waals surface area contributed by atoms with Gasteiger partial charge in [0.1, 0.15) is 11.2 Å². The lowest BCUT2D eigenvalue weighted by molar-refractivity contribution is 0.660. The van der Waals surface area contributed by atoms with Crippen molar-refractivity contribution in [3.8, 4) is 55.6 Å². The minimum Gasteiger partial charge on any atom is -0.456 e. The van der Waals surface area contributed by atoms with Crippen molar-refractivity contribution in [1.29, 1.82) is 0 Å². The van der Waals surface area contributed by atoms with Crippen LogP contribution in [0.15, 0.2) is 199 Å². The maximum Gasteiger partial charge on any atom is 0.136 e. The summed E-state index contributed by atoms with van der Waals surface area (Å²) in [6.07, 6.45) is 0. The van der Waals surface area contributed by atoms with Gasteiger partial charge in [-0.1, -0.05) is 173 Å². The molecule has 0 spiro atoms. The molecular weight excluding hydrogens is 785 g/mol. The van der Waals surface area contributed by atoms with E-state index in [-0.39, 0.29) is 10.8 Å². The Morgan fingerprint density at radius 3 is 1.54 bits per heavy atom. The fourth-order valence-corrected chi connectivity index (χ4v) is 12.1. The van der Waals surface area contributed by atoms with Crippen LogP contribution in [0.3, 0.4) is 0 Å². The summed E-state index contributed by atoms with van der Waals surface area (Å²) in [5.74, 6) is 0. The molecule has 0 radical (unpaired) electrons. The van der Waals surface area contributed by atoms with Crippen molar-refractivity contribution in [3.63, 3.8) is 0 Å². The zero-order valence-corrected chi connectivity index (χ0v) is 36.9. The van der Waals surface area contributed by atoms with Gasteiger partial charge in [0, 0.05) is 21.6 Å². The predicted molar refractivity (Wildman–Crippen MR) is 275 cm³/mol. The second-order valence-corrected chi connectivity index (χ2v) is 19.6. The van der Waals surface area contributed by atoms with Crippen molar-refractivity contribution in [2.24, 2.45) is 0 Å². The van der Waals surface area contributed by atoms with E-state index in [9.17, 15) is 0 Å². The van der Waals surface area contributed by atoms with E-state index in [1.54, 1.807) is 0 Å². The maximum absolute atomic E-state index is 6.31. The summed E-state index contributed by atoms with van der Waals surface area (Å²) in [5, 5.41) is 12.5. The van der Waals surface area contributed by atoms with Gasteiger partial charge in [-0.15, -0.1) is 0 Å². The Morgan fingerprint density at radius 1 is 0.277 bits per heavy atom. The molecule has 1 heteroatoms. The topological polar surface area (TPSA) is 13.1 Å². The summed E-state index contributed by atoms with van der Waals surface area (Å²) in [5.41, 5.74) is 20.1. The molecule has 1 nitrogen and oxygen atoms in total. The first-order valence-electron chi connectivity index (χ1n) is 23.0. The van der Waals surface area contributed by atoms with Crippen molar-refractivity contribution in [3.05, 3.63) is 216 Å². The number of para-hydroxylation sites is 1. The van der Waals surface area contributed by atoms with Crippen LogP contribution in [0.1, 0.15) is 49.9 Å². The number of rotatable bonds is 3. The SMILES string of the molecule is CC1(C)c2cc(-c3ccc4c(c3)-c3cc5cc6c(cc5cc3C4(C)C)oc3ccccc36)ccc2-c2ccc(-c3c4ccccc4c(-c4cccc5ccccc45)c4ccccc34)cc21. The molecule has 0 unspecified atom stereocenters. The fraction of sp³-hybridized carbons (Fsp3) is 0.0938. The molecule has 1 heterocycles. The lowest BCUT2D eigenvalue weighted by Crippen LogP contribution is -2.15. The quantitative estimate of drug-likeness (QED) is 0.162. The molecule has 2 aliphatic rings. The van der Waals surface area contributed by atoms with E-state index >= 15 is 0 Å². The van der Waals surface area contributed by atoms with Gasteiger partial charge in [0.15, 0.2) is 0 Å². The van der Waals surface area contributed by atoms with Gasteiger partial charge >= 0.3 is 0 Å². The second kappa shape index (κ2) is 12.9. The zero-order valence-electron chi connectivity index (χ0n) is 36.9. The first-order valence-corrected chi connectivity index (χ1v) is 23.0. The van der Waals surface area contributed by atoms with E-state index < -0.39 is 0 Å². The molecule has 0 N–H and O–H groups in total. The number of hydrogen-bond acceptors (Lipinski definition) is 1. The highest BCUT2D eigenvalue weighted by Crippen LogP contribution is 2.54. The summed E-state index contributed by atoms with van der Waals surface area (Å²) >= 11 is 0. The van der Waals surface area contributed by atoms with Gasteiger partial charge in [0.05, 0.1) is 0 Å². The average Bonchev–Trinajstić information content (AvgIpc) is 3.89. The van der Waals surface area contributed by atoms with E-state index in [0.29, 0.717) is 0 Å². The third-order valence-corrected chi connectivity index (χ3v) is 15.4. The molecule has 1 aromatic heterocycles. The minimum atomic E-state index is -0.196. The third-order valence-electron chi connectivity index (χ3n) is 15.4. The van der Waals surface area contributed by atoms with Gasteiger partial charge in [-0.3, -0.25) is 0 Å². The Kier molecular flexibility index (Phi) is 7.30. The molecule has 0 bridgehead atoms. The highest BCUT2D eigenvalue weighted by molar-refractivity contribution is 6.23. The standard InChI is InChI=1S/C64H44O/c1-63(2)55-29-26-38(30-52(55)53-31-41-32-54-46-17-11-12-23-59(46)65-60(54)36-42(41)35-58(53)63)39-24-27-44-45-28-25-40(34-57(45)64(3,4)56(44)33-39)61-48-18-7-9-20-50(48)62(51-21-10-8-19-49(51)61)47-22-13-15-37-14-5-6-16-43(37)47/h5-36H,1-4H3. The molecule has 65 heavy (non-hydrogen) atoms. The molecule has 0 amide bonds. The molecule has 0 fully saturated rings. The van der Waals surface area contributed by atoms with Gasteiger partial charge in [0.25, 0.3) is 0 Å². The second-order valence-electron chi connectivity index (χ2n) is 19.6. The first kappa shape index (κ1) is 36.7. The van der Waals surface area contributed by atoms with Crippen LogP contribution in [0, 0.1) is 0 Å². The number of furan rings is 1. The Hall–Kier alpha value is -7.74. The highest BCUT2D eigenvalue weighted by atomic mass is 16.3. The number of hydrogen-bond donors (Lipinski definition) is 0. The van der Waals surface area contributed by atoms with Gasteiger partial charge in [-0.25, -0.2) is 0 Å². The molecule has 0 atom stereocenters. The van der Waals surface area contributed by atoms with Crippen LogP contribution in [-0.4, -0.2) is 0 Å². The lowest BCUT2D eigenvalue weighted by Gasteiger charge is -2.24. The summed E-state index contributed by atoms with van der Waals surface area (Å²) < 4.78 is 6.31. The Balaban J connectivity index is 0.880. The molecule has 2 aliphatic carbocycles. The van der Waals surface area contributed by atoms with Crippen molar-refractivity contribution in [1.82, 2.24) is 0 Å². The van der Waals surface area contributed by atoms with E-state index in [2.05, 4.69) is 216 Å². The minimum absolute atomic E-state index is 0.119. The summed E-state index contributed by atoms with van der Waals surface area (Å²) in [7, 11) is 0. The van der Waals surface area contributed by atoms with E-state index in [4.69, 9.17) is 4.42 Å². The average molecular weight is 829 g/mol. The molecule has 12 aromatic rings. The van der Waals surface area contributed by atoms with E-state index in [1.165, 1.54) is 132 Å². The smallest absolute Gasteiger partial charge is 0.136 e. The van der Waals surface area contributed by atoms with Crippen LogP contribution in [0.25, 0.3) is 121 Å². The Labute approximate surface area is 378 Å². The molecule has 0 aliphatic heterocycles. The van der Waals surface area contributed by atoms with Crippen LogP contribution < -0.4 is 0 Å². The molecule has 0 saturated heterocycles. The monoisotopic (exact) mass is 828 g/mol. The van der Waals surface area contributed by atoms with Crippen molar-refractivity contribution < 1.29 is 4.42 Å². The molecule has 306 valence electrons. The number of fused-ring (bicyclic) bond motifs is 13. The van der Waals surface area contributed by atoms with E-state index in [0.717, 1.165) is 11.2 Å². The van der Waals surface area contributed by atoms with Crippen LogP contribution in [0.5, 0.6) is 0 Å². The van der Waals surface area contributed by atoms with Gasteiger partial charge in [-0.05, 0) is 170 Å². The molecule has 11 aromatic carbocycles. The largest absolute Gasteiger partial charge is 0.456 e. The number of benzene rings is 11. The maximum atomic E-state index is 6.31. The van der Waals surface area contributed by atoms with Gasteiger partial charge in [0.2, 0.25) is 0 Å². The Morgan fingerprint density at radius 2 is 0.800 bits per heavy atom. The third kappa shape index (κ3) is 5.04. The fourth-order valence-electron chi connectivity index (χ4n) is 12.1. The van der Waals surface area contributed by atoms with E-state index in [1.807, 2.05) is 6.07 Å².